The summed E-state index contributed by atoms with van der Waals surface area (Å²) < 4.78 is 0. The van der Waals surface area contributed by atoms with Crippen molar-refractivity contribution < 1.29 is 5.11 Å². The van der Waals surface area contributed by atoms with E-state index in [1.165, 1.54) is 63.4 Å². The van der Waals surface area contributed by atoms with E-state index < -0.39 is 0 Å². The van der Waals surface area contributed by atoms with Crippen LogP contribution in [0.25, 0.3) is 0 Å². The van der Waals surface area contributed by atoms with Gasteiger partial charge in [0.05, 0.1) is 6.10 Å². The quantitative estimate of drug-likeness (QED) is 0.447. The van der Waals surface area contributed by atoms with E-state index in [2.05, 4.69) is 61.5 Å². The zero-order valence-corrected chi connectivity index (χ0v) is 21.9. The largest absolute Gasteiger partial charge is 0.393 e. The molecule has 176 valence electrons. The summed E-state index contributed by atoms with van der Waals surface area (Å²) in [4.78, 5) is 0. The number of aliphatic hydroxyl groups excluding tert-OH is 1. The predicted molar refractivity (Wildman–Crippen MR) is 133 cm³/mol. The summed E-state index contributed by atoms with van der Waals surface area (Å²) in [6.45, 7) is 19.6. The SMILES string of the molecule is CC(C)=CCCC(C)[C@H]1CC[C@@]2(C)C3=C(CC[C@]12C)[C@@]1(C)CC[C@H](O)C(C)(C)[C@@H]1CC3. The Hall–Kier alpha value is -0.560. The molecular weight excluding hydrogens is 376 g/mol. The monoisotopic (exact) mass is 426 g/mol. The van der Waals surface area contributed by atoms with Crippen LogP contribution in [0.5, 0.6) is 0 Å². The van der Waals surface area contributed by atoms with Crippen LogP contribution in [0.2, 0.25) is 0 Å². The Morgan fingerprint density at radius 3 is 2.35 bits per heavy atom. The molecule has 0 radical (unpaired) electrons. The van der Waals surface area contributed by atoms with Crippen molar-refractivity contribution in [1.29, 1.82) is 0 Å². The van der Waals surface area contributed by atoms with E-state index in [0.717, 1.165) is 18.3 Å². The molecule has 7 atom stereocenters. The molecule has 0 bridgehead atoms. The molecule has 4 rings (SSSR count). The molecule has 0 aromatic carbocycles. The van der Waals surface area contributed by atoms with Gasteiger partial charge in [0, 0.05) is 0 Å². The predicted octanol–water partition coefficient (Wildman–Crippen LogP) is 8.48. The first-order valence-electron chi connectivity index (χ1n) is 13.4. The van der Waals surface area contributed by atoms with E-state index in [-0.39, 0.29) is 11.5 Å². The van der Waals surface area contributed by atoms with Gasteiger partial charge in [-0.25, -0.2) is 0 Å². The van der Waals surface area contributed by atoms with Gasteiger partial charge in [-0.1, -0.05) is 64.3 Å². The topological polar surface area (TPSA) is 20.2 Å². The summed E-state index contributed by atoms with van der Waals surface area (Å²) in [5, 5.41) is 10.8. The van der Waals surface area contributed by atoms with Crippen molar-refractivity contribution in [2.45, 2.75) is 126 Å². The third kappa shape index (κ3) is 3.34. The fourth-order valence-electron chi connectivity index (χ4n) is 9.47. The first-order valence-corrected chi connectivity index (χ1v) is 13.4. The molecule has 0 saturated heterocycles. The van der Waals surface area contributed by atoms with Gasteiger partial charge in [0.1, 0.15) is 0 Å². The zero-order chi connectivity index (χ0) is 22.8. The Labute approximate surface area is 193 Å². The molecule has 31 heavy (non-hydrogen) atoms. The van der Waals surface area contributed by atoms with Crippen molar-refractivity contribution in [2.75, 3.05) is 0 Å². The first kappa shape index (κ1) is 23.6. The molecule has 0 amide bonds. The number of fused-ring (bicyclic) bond motifs is 4. The first-order chi connectivity index (χ1) is 14.4. The molecule has 0 heterocycles. The molecule has 1 nitrogen and oxygen atoms in total. The summed E-state index contributed by atoms with van der Waals surface area (Å²) in [5.41, 5.74) is 6.41. The van der Waals surface area contributed by atoms with Crippen molar-refractivity contribution in [3.05, 3.63) is 22.8 Å². The summed E-state index contributed by atoms with van der Waals surface area (Å²) in [6, 6.07) is 0. The zero-order valence-electron chi connectivity index (χ0n) is 21.9. The lowest BCUT2D eigenvalue weighted by Crippen LogP contribution is -2.55. The molecule has 4 aliphatic rings. The number of hydrogen-bond acceptors (Lipinski definition) is 1. The van der Waals surface area contributed by atoms with Gasteiger partial charge in [-0.15, -0.1) is 0 Å². The summed E-state index contributed by atoms with van der Waals surface area (Å²) in [6.07, 6.45) is 15.2. The van der Waals surface area contributed by atoms with E-state index in [4.69, 9.17) is 0 Å². The van der Waals surface area contributed by atoms with Crippen LogP contribution < -0.4 is 0 Å². The maximum absolute atomic E-state index is 10.8. The van der Waals surface area contributed by atoms with Crippen LogP contribution in [0.3, 0.4) is 0 Å². The number of allylic oxidation sites excluding steroid dienone is 4. The van der Waals surface area contributed by atoms with Crippen LogP contribution in [0, 0.1) is 39.4 Å². The van der Waals surface area contributed by atoms with E-state index in [1.54, 1.807) is 0 Å². The Bertz CT molecular complexity index is 767. The molecule has 0 spiro atoms. The highest BCUT2D eigenvalue weighted by Crippen LogP contribution is 2.72. The number of rotatable bonds is 4. The standard InChI is InChI=1S/C30H50O/c1-20(2)10-9-11-21(3)22-14-18-30(8)24-12-13-25-27(4,5)26(31)16-17-28(25,6)23(24)15-19-29(22,30)7/h10,21-22,25-26,31H,9,11-19H2,1-8H3/t21?,22-,25+,26+,28-,29-,30+/m1/s1. The lowest BCUT2D eigenvalue weighted by atomic mass is 9.43. The Balaban J connectivity index is 1.65. The van der Waals surface area contributed by atoms with E-state index in [0.29, 0.717) is 22.2 Å². The molecule has 4 aliphatic carbocycles. The number of hydrogen-bond donors (Lipinski definition) is 1. The minimum atomic E-state index is -0.130. The average Bonchev–Trinajstić information content (AvgIpc) is 2.96. The minimum Gasteiger partial charge on any atom is -0.393 e. The second-order valence-corrected chi connectivity index (χ2v) is 13.6. The lowest BCUT2D eigenvalue weighted by molar-refractivity contribution is -0.0962. The highest BCUT2D eigenvalue weighted by atomic mass is 16.3. The van der Waals surface area contributed by atoms with Gasteiger partial charge in [0.15, 0.2) is 0 Å². The van der Waals surface area contributed by atoms with Crippen molar-refractivity contribution >= 4 is 0 Å². The van der Waals surface area contributed by atoms with E-state index >= 15 is 0 Å². The molecule has 2 fully saturated rings. The van der Waals surface area contributed by atoms with Gasteiger partial charge >= 0.3 is 0 Å². The minimum absolute atomic E-state index is 0.0465. The summed E-state index contributed by atoms with van der Waals surface area (Å²) in [7, 11) is 0. The van der Waals surface area contributed by atoms with E-state index in [9.17, 15) is 5.11 Å². The molecule has 1 unspecified atom stereocenters. The fourth-order valence-corrected chi connectivity index (χ4v) is 9.47. The van der Waals surface area contributed by atoms with Crippen LogP contribution in [-0.4, -0.2) is 11.2 Å². The third-order valence-electron chi connectivity index (χ3n) is 11.7. The molecule has 1 heteroatoms. The van der Waals surface area contributed by atoms with Gasteiger partial charge in [0.25, 0.3) is 0 Å². The van der Waals surface area contributed by atoms with Crippen LogP contribution in [0.4, 0.5) is 0 Å². The maximum atomic E-state index is 10.8. The van der Waals surface area contributed by atoms with Gasteiger partial charge < -0.3 is 5.11 Å². The molecule has 0 aromatic rings. The molecule has 0 aromatic heterocycles. The van der Waals surface area contributed by atoms with E-state index in [1.807, 2.05) is 11.1 Å². The maximum Gasteiger partial charge on any atom is 0.0594 e. The lowest BCUT2D eigenvalue weighted by Gasteiger charge is -2.62. The van der Waals surface area contributed by atoms with Crippen molar-refractivity contribution in [2.24, 2.45) is 39.4 Å². The highest BCUT2D eigenvalue weighted by Gasteiger charge is 2.63. The molecule has 0 aliphatic heterocycles. The molecule has 1 N–H and O–H groups in total. The van der Waals surface area contributed by atoms with Gasteiger partial charge in [-0.2, -0.15) is 0 Å². The van der Waals surface area contributed by atoms with Crippen molar-refractivity contribution in [3.8, 4) is 0 Å². The van der Waals surface area contributed by atoms with Crippen LogP contribution in [-0.2, 0) is 0 Å². The third-order valence-corrected chi connectivity index (χ3v) is 11.7. The van der Waals surface area contributed by atoms with Crippen LogP contribution in [0.1, 0.15) is 120 Å². The van der Waals surface area contributed by atoms with Crippen molar-refractivity contribution in [3.63, 3.8) is 0 Å². The summed E-state index contributed by atoms with van der Waals surface area (Å²) in [5.74, 6) is 2.32. The highest BCUT2D eigenvalue weighted by molar-refractivity contribution is 5.38. The molecule has 2 saturated carbocycles. The van der Waals surface area contributed by atoms with Gasteiger partial charge in [-0.05, 0) is 117 Å². The van der Waals surface area contributed by atoms with Crippen LogP contribution >= 0.6 is 0 Å². The van der Waals surface area contributed by atoms with Crippen molar-refractivity contribution in [1.82, 2.24) is 0 Å². The second kappa shape index (κ2) is 7.75. The summed E-state index contributed by atoms with van der Waals surface area (Å²) >= 11 is 0. The number of aliphatic hydroxyl groups is 1. The second-order valence-electron chi connectivity index (χ2n) is 13.6. The van der Waals surface area contributed by atoms with Gasteiger partial charge in [-0.3, -0.25) is 0 Å². The fraction of sp³-hybridized carbons (Fsp3) is 0.867. The van der Waals surface area contributed by atoms with Gasteiger partial charge in [0.2, 0.25) is 0 Å². The normalized spacial score (nSPS) is 44.9. The average molecular weight is 427 g/mol. The Kier molecular flexibility index (Phi) is 5.90. The van der Waals surface area contributed by atoms with Crippen LogP contribution in [0.15, 0.2) is 22.8 Å². The smallest absolute Gasteiger partial charge is 0.0594 e. The Morgan fingerprint density at radius 1 is 0.968 bits per heavy atom. The Morgan fingerprint density at radius 2 is 1.68 bits per heavy atom. The molecular formula is C30H50O.